The monoisotopic (exact) mass is 235 g/mol. The van der Waals surface area contributed by atoms with Gasteiger partial charge in [0.15, 0.2) is 0 Å². The molecule has 1 fully saturated rings. The Morgan fingerprint density at radius 2 is 2.47 bits per heavy atom. The number of hydrogen-bond acceptors (Lipinski definition) is 4. The quantitative estimate of drug-likeness (QED) is 0.716. The Morgan fingerprint density at radius 1 is 1.59 bits per heavy atom. The number of nitrogens with one attached hydrogen (secondary N) is 2. The highest BCUT2D eigenvalue weighted by molar-refractivity contribution is 5.94. The summed E-state index contributed by atoms with van der Waals surface area (Å²) in [6.07, 6.45) is 6.10. The van der Waals surface area contributed by atoms with E-state index >= 15 is 0 Å². The Kier molecular flexibility index (Phi) is 3.93. The van der Waals surface area contributed by atoms with Crippen molar-refractivity contribution in [1.29, 1.82) is 0 Å². The Morgan fingerprint density at radius 3 is 3.18 bits per heavy atom. The van der Waals surface area contributed by atoms with Gasteiger partial charge in [0.2, 0.25) is 0 Å². The molecule has 17 heavy (non-hydrogen) atoms. The minimum absolute atomic E-state index is 0.00936. The fourth-order valence-corrected chi connectivity index (χ4v) is 2.02. The SMILES string of the molecule is O=C(NCCC1CCCN1)c1cncc(O)c1. The molecule has 5 nitrogen and oxygen atoms in total. The van der Waals surface area contributed by atoms with Crippen LogP contribution in [-0.2, 0) is 0 Å². The molecular formula is C12H17N3O2. The van der Waals surface area contributed by atoms with Crippen LogP contribution in [0.15, 0.2) is 18.5 Å². The van der Waals surface area contributed by atoms with Crippen molar-refractivity contribution in [3.63, 3.8) is 0 Å². The standard InChI is InChI=1S/C12H17N3O2/c16-11-6-9(7-13-8-11)12(17)15-5-3-10-2-1-4-14-10/h6-8,10,14,16H,1-5H2,(H,15,17). The van der Waals surface area contributed by atoms with Crippen LogP contribution >= 0.6 is 0 Å². The Balaban J connectivity index is 1.77. The van der Waals surface area contributed by atoms with Crippen LogP contribution < -0.4 is 10.6 Å². The smallest absolute Gasteiger partial charge is 0.252 e. The fraction of sp³-hybridized carbons (Fsp3) is 0.500. The maximum Gasteiger partial charge on any atom is 0.252 e. The zero-order chi connectivity index (χ0) is 12.1. The molecule has 1 aliphatic rings. The van der Waals surface area contributed by atoms with Crippen molar-refractivity contribution < 1.29 is 9.90 Å². The molecule has 0 aliphatic carbocycles. The topological polar surface area (TPSA) is 74.2 Å². The van der Waals surface area contributed by atoms with Crippen LogP contribution in [0.25, 0.3) is 0 Å². The van der Waals surface area contributed by atoms with E-state index < -0.39 is 0 Å². The Bertz CT molecular complexity index is 389. The molecule has 1 aliphatic heterocycles. The summed E-state index contributed by atoms with van der Waals surface area (Å²) < 4.78 is 0. The lowest BCUT2D eigenvalue weighted by molar-refractivity contribution is 0.0951. The Hall–Kier alpha value is -1.62. The lowest BCUT2D eigenvalue weighted by atomic mass is 10.1. The minimum atomic E-state index is -0.189. The summed E-state index contributed by atoms with van der Waals surface area (Å²) in [5.74, 6) is -0.179. The summed E-state index contributed by atoms with van der Waals surface area (Å²) in [6, 6.07) is 1.94. The summed E-state index contributed by atoms with van der Waals surface area (Å²) >= 11 is 0. The van der Waals surface area contributed by atoms with Crippen molar-refractivity contribution >= 4 is 5.91 Å². The molecule has 2 rings (SSSR count). The van der Waals surface area contributed by atoms with Gasteiger partial charge in [-0.1, -0.05) is 0 Å². The first-order valence-corrected chi connectivity index (χ1v) is 5.91. The number of aromatic hydroxyl groups is 1. The number of hydrogen-bond donors (Lipinski definition) is 3. The Labute approximate surface area is 100 Å². The molecule has 0 spiro atoms. The molecule has 0 saturated carbocycles. The molecule has 5 heteroatoms. The summed E-state index contributed by atoms with van der Waals surface area (Å²) in [5, 5.41) is 15.4. The summed E-state index contributed by atoms with van der Waals surface area (Å²) in [7, 11) is 0. The molecule has 1 atom stereocenters. The van der Waals surface area contributed by atoms with Gasteiger partial charge in [0, 0.05) is 18.8 Å². The molecule has 1 unspecified atom stereocenters. The van der Waals surface area contributed by atoms with Gasteiger partial charge >= 0.3 is 0 Å². The molecule has 1 amide bonds. The van der Waals surface area contributed by atoms with Crippen LogP contribution in [0.1, 0.15) is 29.6 Å². The lowest BCUT2D eigenvalue weighted by Crippen LogP contribution is -2.30. The average Bonchev–Trinajstić information content (AvgIpc) is 2.82. The van der Waals surface area contributed by atoms with Gasteiger partial charge in [-0.25, -0.2) is 0 Å². The first-order valence-electron chi connectivity index (χ1n) is 5.91. The second-order valence-electron chi connectivity index (χ2n) is 4.27. The molecule has 0 aromatic carbocycles. The van der Waals surface area contributed by atoms with Crippen molar-refractivity contribution in [2.24, 2.45) is 0 Å². The van der Waals surface area contributed by atoms with E-state index in [1.54, 1.807) is 0 Å². The zero-order valence-corrected chi connectivity index (χ0v) is 9.65. The van der Waals surface area contributed by atoms with Crippen LogP contribution in [0.2, 0.25) is 0 Å². The largest absolute Gasteiger partial charge is 0.506 e. The second kappa shape index (κ2) is 5.63. The highest BCUT2D eigenvalue weighted by Gasteiger charge is 2.14. The fourth-order valence-electron chi connectivity index (χ4n) is 2.02. The van der Waals surface area contributed by atoms with Crippen LogP contribution in [0.4, 0.5) is 0 Å². The first-order chi connectivity index (χ1) is 8.25. The van der Waals surface area contributed by atoms with E-state index in [-0.39, 0.29) is 11.7 Å². The van der Waals surface area contributed by atoms with E-state index in [4.69, 9.17) is 0 Å². The summed E-state index contributed by atoms with van der Waals surface area (Å²) in [4.78, 5) is 15.5. The van der Waals surface area contributed by atoms with Crippen molar-refractivity contribution in [2.75, 3.05) is 13.1 Å². The van der Waals surface area contributed by atoms with Gasteiger partial charge < -0.3 is 15.7 Å². The average molecular weight is 235 g/mol. The molecule has 2 heterocycles. The van der Waals surface area contributed by atoms with Gasteiger partial charge in [-0.3, -0.25) is 9.78 Å². The molecule has 0 radical (unpaired) electrons. The summed E-state index contributed by atoms with van der Waals surface area (Å²) in [5.41, 5.74) is 0.393. The van der Waals surface area contributed by atoms with Crippen LogP contribution in [0, 0.1) is 0 Å². The predicted octanol–water partition coefficient (Wildman–Crippen LogP) is 0.659. The second-order valence-corrected chi connectivity index (χ2v) is 4.27. The van der Waals surface area contributed by atoms with Crippen molar-refractivity contribution in [1.82, 2.24) is 15.6 Å². The first kappa shape index (κ1) is 11.9. The number of nitrogens with zero attached hydrogens (tertiary/aromatic N) is 1. The van der Waals surface area contributed by atoms with Gasteiger partial charge in [0.1, 0.15) is 5.75 Å². The van der Waals surface area contributed by atoms with E-state index in [0.717, 1.165) is 13.0 Å². The third-order valence-corrected chi connectivity index (χ3v) is 2.93. The number of rotatable bonds is 4. The number of pyridine rings is 1. The third kappa shape index (κ3) is 3.42. The summed E-state index contributed by atoms with van der Waals surface area (Å²) in [6.45, 7) is 1.72. The van der Waals surface area contributed by atoms with Crippen molar-refractivity contribution in [2.45, 2.75) is 25.3 Å². The number of carbonyl (C=O) groups is 1. The normalized spacial score (nSPS) is 19.2. The van der Waals surface area contributed by atoms with Crippen LogP contribution in [0.3, 0.4) is 0 Å². The van der Waals surface area contributed by atoms with Gasteiger partial charge in [0.05, 0.1) is 11.8 Å². The number of carbonyl (C=O) groups excluding carboxylic acids is 1. The lowest BCUT2D eigenvalue weighted by Gasteiger charge is -2.10. The maximum atomic E-state index is 11.7. The highest BCUT2D eigenvalue weighted by Crippen LogP contribution is 2.09. The van der Waals surface area contributed by atoms with E-state index in [0.29, 0.717) is 18.2 Å². The number of aromatic nitrogens is 1. The van der Waals surface area contributed by atoms with Gasteiger partial charge in [-0.15, -0.1) is 0 Å². The van der Waals surface area contributed by atoms with E-state index in [2.05, 4.69) is 15.6 Å². The molecule has 92 valence electrons. The number of amides is 1. The minimum Gasteiger partial charge on any atom is -0.506 e. The van der Waals surface area contributed by atoms with Gasteiger partial charge in [0.25, 0.3) is 5.91 Å². The van der Waals surface area contributed by atoms with E-state index in [1.165, 1.54) is 31.3 Å². The zero-order valence-electron chi connectivity index (χ0n) is 9.65. The molecule has 1 aromatic heterocycles. The van der Waals surface area contributed by atoms with Crippen molar-refractivity contribution in [3.8, 4) is 5.75 Å². The molecular weight excluding hydrogens is 218 g/mol. The maximum absolute atomic E-state index is 11.7. The predicted molar refractivity (Wildman–Crippen MR) is 63.9 cm³/mol. The highest BCUT2D eigenvalue weighted by atomic mass is 16.3. The van der Waals surface area contributed by atoms with Crippen LogP contribution in [-0.4, -0.2) is 35.1 Å². The van der Waals surface area contributed by atoms with Gasteiger partial charge in [-0.2, -0.15) is 0 Å². The molecule has 1 aromatic rings. The molecule has 3 N–H and O–H groups in total. The van der Waals surface area contributed by atoms with Crippen molar-refractivity contribution in [3.05, 3.63) is 24.0 Å². The van der Waals surface area contributed by atoms with Gasteiger partial charge in [-0.05, 0) is 31.9 Å². The molecule has 0 bridgehead atoms. The van der Waals surface area contributed by atoms with Crippen LogP contribution in [0.5, 0.6) is 5.75 Å². The third-order valence-electron chi connectivity index (χ3n) is 2.93. The van der Waals surface area contributed by atoms with E-state index in [9.17, 15) is 9.90 Å². The van der Waals surface area contributed by atoms with E-state index in [1.807, 2.05) is 0 Å². The molecule has 1 saturated heterocycles.